The summed E-state index contributed by atoms with van der Waals surface area (Å²) in [7, 11) is 0. The van der Waals surface area contributed by atoms with Crippen LogP contribution in [0.5, 0.6) is 5.75 Å². The number of anilines is 1. The number of rotatable bonds is 6. The molecule has 2 aromatic rings. The predicted octanol–water partition coefficient (Wildman–Crippen LogP) is 1.39. The number of ether oxygens (including phenoxy) is 1. The molecule has 0 saturated carbocycles. The van der Waals surface area contributed by atoms with E-state index in [0.717, 1.165) is 5.56 Å². The summed E-state index contributed by atoms with van der Waals surface area (Å²) in [4.78, 5) is 11.6. The fourth-order valence-electron chi connectivity index (χ4n) is 1.92. The van der Waals surface area contributed by atoms with E-state index in [4.69, 9.17) is 10.5 Å². The summed E-state index contributed by atoms with van der Waals surface area (Å²) in [5, 5.41) is 9.18. The summed E-state index contributed by atoms with van der Waals surface area (Å²) in [5.41, 5.74) is 6.89. The maximum absolute atomic E-state index is 11.6. The second-order valence-electron chi connectivity index (χ2n) is 4.46. The van der Waals surface area contributed by atoms with Crippen molar-refractivity contribution in [1.82, 2.24) is 4.57 Å². The minimum absolute atomic E-state index is 0.0507. The Kier molecular flexibility index (Phi) is 4.79. The number of benzene rings is 1. The third-order valence-electron chi connectivity index (χ3n) is 2.95. The number of para-hydroxylation sites is 1. The van der Waals surface area contributed by atoms with Gasteiger partial charge in [0.25, 0.3) is 5.56 Å². The molecule has 5 heteroatoms. The highest BCUT2D eigenvalue weighted by atomic mass is 16.5. The summed E-state index contributed by atoms with van der Waals surface area (Å²) in [6.45, 7) is 0.967. The highest BCUT2D eigenvalue weighted by Crippen LogP contribution is 2.17. The number of aryl methyl sites for hydroxylation is 1. The highest BCUT2D eigenvalue weighted by molar-refractivity contribution is 5.33. The van der Waals surface area contributed by atoms with Crippen LogP contribution in [0.4, 0.5) is 5.69 Å². The van der Waals surface area contributed by atoms with Gasteiger partial charge in [-0.05, 0) is 18.6 Å². The molecular weight excluding hydrogens is 256 g/mol. The molecular formula is C15H18N2O3. The van der Waals surface area contributed by atoms with E-state index in [1.54, 1.807) is 16.8 Å². The van der Waals surface area contributed by atoms with Gasteiger partial charge >= 0.3 is 0 Å². The molecule has 0 saturated heterocycles. The normalized spacial score (nSPS) is 10.4. The molecule has 1 aromatic heterocycles. The quantitative estimate of drug-likeness (QED) is 0.780. The van der Waals surface area contributed by atoms with Crippen molar-refractivity contribution in [2.24, 2.45) is 0 Å². The maximum atomic E-state index is 11.6. The van der Waals surface area contributed by atoms with Crippen LogP contribution in [-0.4, -0.2) is 16.3 Å². The van der Waals surface area contributed by atoms with Gasteiger partial charge in [0.2, 0.25) is 0 Å². The van der Waals surface area contributed by atoms with Crippen LogP contribution in [0.2, 0.25) is 0 Å². The number of aromatic nitrogens is 1. The minimum Gasteiger partial charge on any atom is -0.493 e. The molecule has 0 fully saturated rings. The summed E-state index contributed by atoms with van der Waals surface area (Å²) < 4.78 is 7.18. The Bertz CT molecular complexity index is 623. The first-order chi connectivity index (χ1) is 9.70. The molecule has 0 radical (unpaired) electrons. The zero-order valence-corrected chi connectivity index (χ0v) is 11.2. The average molecular weight is 274 g/mol. The monoisotopic (exact) mass is 274 g/mol. The minimum atomic E-state index is -0.0741. The van der Waals surface area contributed by atoms with Crippen LogP contribution in [0, 0.1) is 0 Å². The number of nitrogens with two attached hydrogens (primary N) is 1. The van der Waals surface area contributed by atoms with Gasteiger partial charge in [-0.2, -0.15) is 0 Å². The summed E-state index contributed by atoms with van der Waals surface area (Å²) in [6.07, 6.45) is 2.31. The SMILES string of the molecule is Nc1ccc(=O)n(CCCOc2ccccc2CO)c1. The maximum Gasteiger partial charge on any atom is 0.250 e. The van der Waals surface area contributed by atoms with E-state index in [1.165, 1.54) is 6.07 Å². The zero-order chi connectivity index (χ0) is 14.4. The second-order valence-corrected chi connectivity index (χ2v) is 4.46. The van der Waals surface area contributed by atoms with Gasteiger partial charge in [-0.15, -0.1) is 0 Å². The molecule has 1 aromatic carbocycles. The first-order valence-corrected chi connectivity index (χ1v) is 6.48. The van der Waals surface area contributed by atoms with Gasteiger partial charge in [-0.3, -0.25) is 4.79 Å². The molecule has 0 aliphatic heterocycles. The van der Waals surface area contributed by atoms with Gasteiger partial charge < -0.3 is 20.1 Å². The lowest BCUT2D eigenvalue weighted by molar-refractivity contribution is 0.259. The van der Waals surface area contributed by atoms with E-state index in [2.05, 4.69) is 0 Å². The van der Waals surface area contributed by atoms with Crippen molar-refractivity contribution in [2.45, 2.75) is 19.6 Å². The van der Waals surface area contributed by atoms with Gasteiger partial charge in [0, 0.05) is 30.1 Å². The van der Waals surface area contributed by atoms with Gasteiger partial charge in [-0.1, -0.05) is 18.2 Å². The van der Waals surface area contributed by atoms with Crippen LogP contribution in [-0.2, 0) is 13.2 Å². The van der Waals surface area contributed by atoms with Gasteiger partial charge in [-0.25, -0.2) is 0 Å². The van der Waals surface area contributed by atoms with E-state index < -0.39 is 0 Å². The van der Waals surface area contributed by atoms with Crippen molar-refractivity contribution in [3.05, 3.63) is 58.5 Å². The number of nitrogens with zero attached hydrogens (tertiary/aromatic N) is 1. The van der Waals surface area contributed by atoms with Crippen LogP contribution in [0.1, 0.15) is 12.0 Å². The molecule has 0 spiro atoms. The number of nitrogen functional groups attached to an aromatic ring is 1. The highest BCUT2D eigenvalue weighted by Gasteiger charge is 2.02. The van der Waals surface area contributed by atoms with Gasteiger partial charge in [0.05, 0.1) is 13.2 Å². The summed E-state index contributed by atoms with van der Waals surface area (Å²) in [5.74, 6) is 0.676. The van der Waals surface area contributed by atoms with E-state index in [-0.39, 0.29) is 12.2 Å². The Morgan fingerprint density at radius 3 is 2.80 bits per heavy atom. The fourth-order valence-corrected chi connectivity index (χ4v) is 1.92. The summed E-state index contributed by atoms with van der Waals surface area (Å²) in [6, 6.07) is 10.4. The lowest BCUT2D eigenvalue weighted by atomic mass is 10.2. The molecule has 0 atom stereocenters. The second kappa shape index (κ2) is 6.77. The van der Waals surface area contributed by atoms with Crippen molar-refractivity contribution in [2.75, 3.05) is 12.3 Å². The zero-order valence-electron chi connectivity index (χ0n) is 11.2. The molecule has 0 aliphatic rings. The van der Waals surface area contributed by atoms with E-state index >= 15 is 0 Å². The van der Waals surface area contributed by atoms with Crippen LogP contribution in [0.3, 0.4) is 0 Å². The van der Waals surface area contributed by atoms with Crippen LogP contribution >= 0.6 is 0 Å². The number of pyridine rings is 1. The number of aliphatic hydroxyl groups is 1. The molecule has 2 rings (SSSR count). The predicted molar refractivity (Wildman–Crippen MR) is 77.6 cm³/mol. The van der Waals surface area contributed by atoms with Gasteiger partial charge in [0.15, 0.2) is 0 Å². The number of aliphatic hydroxyl groups excluding tert-OH is 1. The fraction of sp³-hybridized carbons (Fsp3) is 0.267. The van der Waals surface area contributed by atoms with Crippen molar-refractivity contribution >= 4 is 5.69 Å². The lowest BCUT2D eigenvalue weighted by Gasteiger charge is -2.10. The number of hydrogen-bond donors (Lipinski definition) is 2. The molecule has 20 heavy (non-hydrogen) atoms. The van der Waals surface area contributed by atoms with Crippen LogP contribution < -0.4 is 16.0 Å². The third kappa shape index (κ3) is 3.61. The van der Waals surface area contributed by atoms with Gasteiger partial charge in [0.1, 0.15) is 5.75 Å². The first kappa shape index (κ1) is 14.1. The van der Waals surface area contributed by atoms with Crippen molar-refractivity contribution in [1.29, 1.82) is 0 Å². The first-order valence-electron chi connectivity index (χ1n) is 6.48. The Labute approximate surface area is 117 Å². The molecule has 106 valence electrons. The molecule has 0 bridgehead atoms. The topological polar surface area (TPSA) is 77.5 Å². The van der Waals surface area contributed by atoms with E-state index in [0.29, 0.717) is 31.0 Å². The average Bonchev–Trinajstić information content (AvgIpc) is 2.47. The Morgan fingerprint density at radius 2 is 2.00 bits per heavy atom. The van der Waals surface area contributed by atoms with Crippen molar-refractivity contribution in [3.8, 4) is 5.75 Å². The Hall–Kier alpha value is -2.27. The van der Waals surface area contributed by atoms with Crippen molar-refractivity contribution < 1.29 is 9.84 Å². The largest absolute Gasteiger partial charge is 0.493 e. The smallest absolute Gasteiger partial charge is 0.250 e. The molecule has 5 nitrogen and oxygen atoms in total. The van der Waals surface area contributed by atoms with Crippen molar-refractivity contribution in [3.63, 3.8) is 0 Å². The van der Waals surface area contributed by atoms with Crippen LogP contribution in [0.25, 0.3) is 0 Å². The summed E-state index contributed by atoms with van der Waals surface area (Å²) >= 11 is 0. The molecule has 3 N–H and O–H groups in total. The lowest BCUT2D eigenvalue weighted by Crippen LogP contribution is -2.20. The van der Waals surface area contributed by atoms with E-state index in [9.17, 15) is 9.90 Å². The standard InChI is InChI=1S/C15H18N2O3/c16-13-6-7-15(19)17(10-13)8-3-9-20-14-5-2-1-4-12(14)11-18/h1-2,4-7,10,18H,3,8-9,11,16H2. The molecule has 1 heterocycles. The Balaban J connectivity index is 1.87. The number of hydrogen-bond acceptors (Lipinski definition) is 4. The molecule has 0 unspecified atom stereocenters. The molecule has 0 amide bonds. The van der Waals surface area contributed by atoms with E-state index in [1.807, 2.05) is 24.3 Å². The van der Waals surface area contributed by atoms with Crippen LogP contribution in [0.15, 0.2) is 47.4 Å². The Morgan fingerprint density at radius 1 is 1.20 bits per heavy atom. The third-order valence-corrected chi connectivity index (χ3v) is 2.95. The molecule has 0 aliphatic carbocycles.